The maximum Gasteiger partial charge on any atom is 0.150 e. The van der Waals surface area contributed by atoms with Crippen molar-refractivity contribution in [1.29, 1.82) is 0 Å². The molecule has 94 valence electrons. The molecule has 0 saturated carbocycles. The first-order valence-electron chi connectivity index (χ1n) is 6.19. The van der Waals surface area contributed by atoms with Crippen molar-refractivity contribution >= 4 is 6.29 Å². The summed E-state index contributed by atoms with van der Waals surface area (Å²) in [6.45, 7) is 15.0. The van der Waals surface area contributed by atoms with Crippen molar-refractivity contribution in [3.05, 3.63) is 34.4 Å². The van der Waals surface area contributed by atoms with Crippen LogP contribution in [-0.4, -0.2) is 6.29 Å². The Morgan fingerprint density at radius 2 is 1.47 bits per heavy atom. The highest BCUT2D eigenvalue weighted by Gasteiger charge is 2.26. The zero-order valence-corrected chi connectivity index (χ0v) is 12.1. The van der Waals surface area contributed by atoms with Gasteiger partial charge in [-0.25, -0.2) is 0 Å². The van der Waals surface area contributed by atoms with Crippen molar-refractivity contribution in [3.63, 3.8) is 0 Å². The fourth-order valence-electron chi connectivity index (χ4n) is 2.50. The van der Waals surface area contributed by atoms with E-state index in [2.05, 4.69) is 60.6 Å². The summed E-state index contributed by atoms with van der Waals surface area (Å²) in [7, 11) is 0. The Bertz CT molecular complexity index is 428. The number of rotatable bonds is 1. The number of carbonyl (C=O) groups excluding carboxylic acids is 1. The lowest BCUT2D eigenvalue weighted by Gasteiger charge is -2.29. The smallest absolute Gasteiger partial charge is 0.150 e. The maximum absolute atomic E-state index is 11.5. The van der Waals surface area contributed by atoms with Gasteiger partial charge in [-0.2, -0.15) is 0 Å². The number of hydrogen-bond donors (Lipinski definition) is 0. The van der Waals surface area contributed by atoms with Crippen molar-refractivity contribution in [2.24, 2.45) is 0 Å². The first-order chi connectivity index (χ1) is 7.59. The zero-order chi connectivity index (χ0) is 13.4. The summed E-state index contributed by atoms with van der Waals surface area (Å²) < 4.78 is 0. The fraction of sp³-hybridized carbons (Fsp3) is 0.562. The molecule has 0 amide bonds. The van der Waals surface area contributed by atoms with Gasteiger partial charge in [-0.3, -0.25) is 4.79 Å². The zero-order valence-electron chi connectivity index (χ0n) is 12.1. The normalized spacial score (nSPS) is 12.6. The molecule has 1 aromatic carbocycles. The van der Waals surface area contributed by atoms with E-state index in [4.69, 9.17) is 0 Å². The minimum absolute atomic E-state index is 0.00157. The van der Waals surface area contributed by atoms with E-state index >= 15 is 0 Å². The van der Waals surface area contributed by atoms with Gasteiger partial charge in [-0.1, -0.05) is 53.7 Å². The van der Waals surface area contributed by atoms with Crippen molar-refractivity contribution in [2.45, 2.75) is 59.3 Å². The summed E-state index contributed by atoms with van der Waals surface area (Å²) in [5.74, 6) is 0. The molecular weight excluding hydrogens is 208 g/mol. The number of aryl methyl sites for hydroxylation is 1. The van der Waals surface area contributed by atoms with Gasteiger partial charge in [0.2, 0.25) is 0 Å². The Hall–Kier alpha value is -1.11. The molecule has 0 aromatic heterocycles. The predicted molar refractivity (Wildman–Crippen MR) is 74.0 cm³/mol. The Morgan fingerprint density at radius 1 is 0.941 bits per heavy atom. The van der Waals surface area contributed by atoms with E-state index in [1.807, 2.05) is 0 Å². The number of benzene rings is 1. The topological polar surface area (TPSA) is 17.1 Å². The molecule has 0 atom stereocenters. The summed E-state index contributed by atoms with van der Waals surface area (Å²) >= 11 is 0. The summed E-state index contributed by atoms with van der Waals surface area (Å²) in [6.07, 6.45) is 1.02. The second-order valence-corrected chi connectivity index (χ2v) is 6.84. The summed E-state index contributed by atoms with van der Waals surface area (Å²) in [4.78, 5) is 11.5. The minimum atomic E-state index is 0.00157. The average molecular weight is 232 g/mol. The minimum Gasteiger partial charge on any atom is -0.298 e. The predicted octanol–water partition coefficient (Wildman–Crippen LogP) is 4.40. The molecule has 0 N–H and O–H groups in total. The summed E-state index contributed by atoms with van der Waals surface area (Å²) in [5, 5.41) is 0. The van der Waals surface area contributed by atoms with Crippen LogP contribution >= 0.6 is 0 Å². The standard InChI is InChI=1S/C16H24O/c1-11-8-9-13(15(2,3)4)12(10-17)14(11)16(5,6)7/h8-10H,1-7H3. The number of aldehydes is 1. The van der Waals surface area contributed by atoms with Crippen LogP contribution in [0.4, 0.5) is 0 Å². The third-order valence-electron chi connectivity index (χ3n) is 3.13. The van der Waals surface area contributed by atoms with Crippen molar-refractivity contribution in [1.82, 2.24) is 0 Å². The van der Waals surface area contributed by atoms with Gasteiger partial charge in [0.15, 0.2) is 6.29 Å². The molecule has 0 aliphatic heterocycles. The highest BCUT2D eigenvalue weighted by molar-refractivity contribution is 5.82. The van der Waals surface area contributed by atoms with Crippen LogP contribution < -0.4 is 0 Å². The molecular formula is C16H24O. The van der Waals surface area contributed by atoms with Crippen LogP contribution in [0.2, 0.25) is 0 Å². The van der Waals surface area contributed by atoms with Crippen molar-refractivity contribution < 1.29 is 4.79 Å². The largest absolute Gasteiger partial charge is 0.298 e. The lowest BCUT2D eigenvalue weighted by Crippen LogP contribution is -2.22. The van der Waals surface area contributed by atoms with E-state index in [-0.39, 0.29) is 10.8 Å². The Labute approximate surface area is 105 Å². The van der Waals surface area contributed by atoms with E-state index in [0.717, 1.165) is 17.4 Å². The first kappa shape index (κ1) is 14.0. The quantitative estimate of drug-likeness (QED) is 0.656. The molecule has 0 heterocycles. The summed E-state index contributed by atoms with van der Waals surface area (Å²) in [6, 6.07) is 4.22. The first-order valence-corrected chi connectivity index (χ1v) is 6.19. The van der Waals surface area contributed by atoms with Crippen molar-refractivity contribution in [2.75, 3.05) is 0 Å². The van der Waals surface area contributed by atoms with Crippen LogP contribution in [0.25, 0.3) is 0 Å². The second kappa shape index (κ2) is 4.29. The van der Waals surface area contributed by atoms with Crippen LogP contribution in [0.5, 0.6) is 0 Å². The molecule has 1 aromatic rings. The van der Waals surface area contributed by atoms with E-state index in [0.29, 0.717) is 0 Å². The molecule has 0 unspecified atom stereocenters. The fourth-order valence-corrected chi connectivity index (χ4v) is 2.50. The van der Waals surface area contributed by atoms with Gasteiger partial charge in [0.1, 0.15) is 0 Å². The van der Waals surface area contributed by atoms with E-state index in [1.54, 1.807) is 0 Å². The Balaban J connectivity index is 3.66. The van der Waals surface area contributed by atoms with E-state index in [9.17, 15) is 4.79 Å². The van der Waals surface area contributed by atoms with Gasteiger partial charge >= 0.3 is 0 Å². The van der Waals surface area contributed by atoms with Crippen LogP contribution in [0.1, 0.15) is 68.6 Å². The van der Waals surface area contributed by atoms with Crippen LogP contribution in [-0.2, 0) is 10.8 Å². The number of carbonyl (C=O) groups is 1. The highest BCUT2D eigenvalue weighted by atomic mass is 16.1. The van der Waals surface area contributed by atoms with Gasteiger partial charge in [0, 0.05) is 5.56 Å². The molecule has 0 spiro atoms. The van der Waals surface area contributed by atoms with Gasteiger partial charge in [0.25, 0.3) is 0 Å². The lowest BCUT2D eigenvalue weighted by atomic mass is 9.75. The molecule has 0 saturated heterocycles. The molecule has 1 nitrogen and oxygen atoms in total. The maximum atomic E-state index is 11.5. The van der Waals surface area contributed by atoms with Crippen LogP contribution in [0, 0.1) is 6.92 Å². The second-order valence-electron chi connectivity index (χ2n) is 6.84. The van der Waals surface area contributed by atoms with Gasteiger partial charge in [0.05, 0.1) is 0 Å². The van der Waals surface area contributed by atoms with Crippen molar-refractivity contribution in [3.8, 4) is 0 Å². The molecule has 0 bridgehead atoms. The van der Waals surface area contributed by atoms with Crippen LogP contribution in [0.15, 0.2) is 12.1 Å². The highest BCUT2D eigenvalue weighted by Crippen LogP contribution is 2.34. The van der Waals surface area contributed by atoms with Gasteiger partial charge in [-0.05, 0) is 34.4 Å². The Kier molecular flexibility index (Phi) is 3.52. The average Bonchev–Trinajstić information content (AvgIpc) is 2.12. The molecule has 0 radical (unpaired) electrons. The molecule has 1 heteroatoms. The Morgan fingerprint density at radius 3 is 1.82 bits per heavy atom. The SMILES string of the molecule is Cc1ccc(C(C)(C)C)c(C=O)c1C(C)(C)C. The molecule has 0 fully saturated rings. The number of hydrogen-bond acceptors (Lipinski definition) is 1. The molecule has 0 aliphatic carbocycles. The van der Waals surface area contributed by atoms with Crippen LogP contribution in [0.3, 0.4) is 0 Å². The summed E-state index contributed by atoms with van der Waals surface area (Å²) in [5.41, 5.74) is 4.41. The van der Waals surface area contributed by atoms with Gasteiger partial charge in [-0.15, -0.1) is 0 Å². The molecule has 17 heavy (non-hydrogen) atoms. The third-order valence-corrected chi connectivity index (χ3v) is 3.13. The lowest BCUT2D eigenvalue weighted by molar-refractivity contribution is 0.111. The van der Waals surface area contributed by atoms with E-state index < -0.39 is 0 Å². The van der Waals surface area contributed by atoms with Gasteiger partial charge < -0.3 is 0 Å². The molecule has 1 rings (SSSR count). The molecule has 0 aliphatic rings. The third kappa shape index (κ3) is 2.77. The monoisotopic (exact) mass is 232 g/mol. The van der Waals surface area contributed by atoms with E-state index in [1.165, 1.54) is 11.1 Å².